The van der Waals surface area contributed by atoms with Crippen LogP contribution in [0.1, 0.15) is 11.1 Å². The number of rotatable bonds is 7. The van der Waals surface area contributed by atoms with Gasteiger partial charge in [0, 0.05) is 24.2 Å². The second-order valence-electron chi connectivity index (χ2n) is 6.29. The summed E-state index contributed by atoms with van der Waals surface area (Å²) in [5.74, 6) is 0.0145. The molecule has 6 nitrogen and oxygen atoms in total. The van der Waals surface area contributed by atoms with Crippen LogP contribution in [0.4, 0.5) is 4.79 Å². The van der Waals surface area contributed by atoms with Crippen molar-refractivity contribution in [3.05, 3.63) is 75.7 Å². The fourth-order valence-corrected chi connectivity index (χ4v) is 3.74. The molecule has 8 heteroatoms. The van der Waals surface area contributed by atoms with Gasteiger partial charge in [-0.15, -0.1) is 0 Å². The molecule has 3 amide bonds. The predicted molar refractivity (Wildman–Crippen MR) is 119 cm³/mol. The van der Waals surface area contributed by atoms with E-state index in [1.165, 1.54) is 6.08 Å². The van der Waals surface area contributed by atoms with E-state index in [-0.39, 0.29) is 30.1 Å². The topological polar surface area (TPSA) is 75.7 Å². The molecular weight excluding hydrogens is 424 g/mol. The van der Waals surface area contributed by atoms with Gasteiger partial charge in [0.25, 0.3) is 11.1 Å². The molecule has 0 atom stereocenters. The van der Waals surface area contributed by atoms with E-state index in [0.29, 0.717) is 15.7 Å². The molecule has 2 aromatic carbocycles. The number of nitrogens with one attached hydrogen (secondary N) is 1. The summed E-state index contributed by atoms with van der Waals surface area (Å²) in [6, 6.07) is 14.3. The molecule has 0 spiro atoms. The molecule has 0 radical (unpaired) electrons. The third-order valence-electron chi connectivity index (χ3n) is 4.20. The van der Waals surface area contributed by atoms with Crippen LogP contribution in [0, 0.1) is 0 Å². The Labute approximate surface area is 183 Å². The Balaban J connectivity index is 1.52. The van der Waals surface area contributed by atoms with Crippen molar-refractivity contribution in [3.63, 3.8) is 0 Å². The number of methoxy groups -OCH3 is 1. The minimum atomic E-state index is -0.371. The van der Waals surface area contributed by atoms with Crippen molar-refractivity contribution in [2.24, 2.45) is 0 Å². The molecule has 1 fully saturated rings. The zero-order valence-corrected chi connectivity index (χ0v) is 17.7. The van der Waals surface area contributed by atoms with Crippen molar-refractivity contribution in [3.8, 4) is 5.75 Å². The molecule has 0 bridgehead atoms. The molecule has 2 aromatic rings. The highest BCUT2D eigenvalue weighted by Gasteiger charge is 2.34. The molecule has 1 saturated heterocycles. The molecule has 1 N–H and O–H groups in total. The summed E-state index contributed by atoms with van der Waals surface area (Å²) in [5, 5.41) is 2.89. The van der Waals surface area contributed by atoms with Crippen LogP contribution in [0.2, 0.25) is 5.02 Å². The van der Waals surface area contributed by atoms with Crippen LogP contribution in [0.5, 0.6) is 5.75 Å². The summed E-state index contributed by atoms with van der Waals surface area (Å²) in [7, 11) is 1.58. The Kier molecular flexibility index (Phi) is 7.32. The van der Waals surface area contributed by atoms with Gasteiger partial charge >= 0.3 is 0 Å². The van der Waals surface area contributed by atoms with E-state index in [4.69, 9.17) is 16.3 Å². The third kappa shape index (κ3) is 5.75. The van der Waals surface area contributed by atoms with Gasteiger partial charge in [0.1, 0.15) is 5.75 Å². The molecule has 0 unspecified atom stereocenters. The fourth-order valence-electron chi connectivity index (χ4n) is 2.68. The number of hydrogen-bond donors (Lipinski definition) is 1. The summed E-state index contributed by atoms with van der Waals surface area (Å²) in [4.78, 5) is 38.1. The first-order chi connectivity index (χ1) is 14.5. The number of imide groups is 1. The number of benzene rings is 2. The maximum Gasteiger partial charge on any atom is 0.293 e. The first-order valence-corrected chi connectivity index (χ1v) is 10.3. The maximum atomic E-state index is 12.5. The summed E-state index contributed by atoms with van der Waals surface area (Å²) in [5.41, 5.74) is 1.59. The minimum absolute atomic E-state index is 0.0986. The summed E-state index contributed by atoms with van der Waals surface area (Å²) >= 11 is 6.79. The Morgan fingerprint density at radius 1 is 1.17 bits per heavy atom. The molecule has 1 heterocycles. The highest BCUT2D eigenvalue weighted by Crippen LogP contribution is 2.32. The van der Waals surface area contributed by atoms with E-state index in [1.54, 1.807) is 61.7 Å². The number of nitrogens with zero attached hydrogens (tertiary/aromatic N) is 1. The van der Waals surface area contributed by atoms with Crippen LogP contribution in [-0.2, 0) is 9.59 Å². The second kappa shape index (κ2) is 10.1. The number of ether oxygens (including phenoxy) is 1. The molecule has 0 aromatic heterocycles. The second-order valence-corrected chi connectivity index (χ2v) is 7.72. The van der Waals surface area contributed by atoms with Crippen LogP contribution in [-0.4, -0.2) is 42.2 Å². The Morgan fingerprint density at radius 3 is 2.63 bits per heavy atom. The van der Waals surface area contributed by atoms with Gasteiger partial charge in [-0.3, -0.25) is 19.3 Å². The van der Waals surface area contributed by atoms with Crippen molar-refractivity contribution in [1.82, 2.24) is 10.2 Å². The lowest BCUT2D eigenvalue weighted by molar-refractivity contribution is -0.123. The Hall–Kier alpha value is -3.03. The quantitative estimate of drug-likeness (QED) is 0.650. The molecule has 30 heavy (non-hydrogen) atoms. The van der Waals surface area contributed by atoms with E-state index in [0.717, 1.165) is 27.8 Å². The van der Waals surface area contributed by atoms with Gasteiger partial charge in [0.05, 0.1) is 12.0 Å². The zero-order chi connectivity index (χ0) is 21.5. The van der Waals surface area contributed by atoms with E-state index < -0.39 is 0 Å². The smallest absolute Gasteiger partial charge is 0.293 e. The highest BCUT2D eigenvalue weighted by molar-refractivity contribution is 8.18. The predicted octanol–water partition coefficient (Wildman–Crippen LogP) is 4.21. The molecule has 3 rings (SSSR count). The number of carbonyl (C=O) groups is 3. The van der Waals surface area contributed by atoms with Crippen LogP contribution >= 0.6 is 23.4 Å². The molecule has 0 aliphatic carbocycles. The molecule has 1 aliphatic heterocycles. The number of amides is 3. The van der Waals surface area contributed by atoms with Crippen molar-refractivity contribution in [2.45, 2.75) is 0 Å². The SMILES string of the molecule is COc1ccc(/C=C2/SC(=O)N(CCNC(=O)/C=C/c3cccc(Cl)c3)C2=O)cc1. The van der Waals surface area contributed by atoms with E-state index in [1.807, 2.05) is 6.07 Å². The fraction of sp³-hybridized carbons (Fsp3) is 0.136. The van der Waals surface area contributed by atoms with Gasteiger partial charge in [0.2, 0.25) is 5.91 Å². The largest absolute Gasteiger partial charge is 0.497 e. The standard InChI is InChI=1S/C22H19ClN2O4S/c1-29-18-8-5-16(6-9-18)14-19-21(27)25(22(28)30-19)12-11-24-20(26)10-7-15-3-2-4-17(23)13-15/h2-10,13-14H,11-12H2,1H3,(H,24,26)/b10-7+,19-14+. The van der Waals surface area contributed by atoms with Gasteiger partial charge in [-0.1, -0.05) is 35.9 Å². The lowest BCUT2D eigenvalue weighted by Crippen LogP contribution is -2.36. The van der Waals surface area contributed by atoms with Gasteiger partial charge in [0.15, 0.2) is 0 Å². The minimum Gasteiger partial charge on any atom is -0.497 e. The molecular formula is C22H19ClN2O4S. The lowest BCUT2D eigenvalue weighted by Gasteiger charge is -2.12. The van der Waals surface area contributed by atoms with Crippen LogP contribution in [0.3, 0.4) is 0 Å². The van der Waals surface area contributed by atoms with E-state index in [2.05, 4.69) is 5.32 Å². The Bertz CT molecular complexity index is 1020. The molecule has 154 valence electrons. The van der Waals surface area contributed by atoms with Gasteiger partial charge in [-0.05, 0) is 59.3 Å². The molecule has 0 saturated carbocycles. The summed E-state index contributed by atoms with van der Waals surface area (Å²) in [6.07, 6.45) is 4.68. The summed E-state index contributed by atoms with van der Waals surface area (Å²) < 4.78 is 5.11. The average molecular weight is 443 g/mol. The summed E-state index contributed by atoms with van der Waals surface area (Å²) in [6.45, 7) is 0.258. The number of halogens is 1. The van der Waals surface area contributed by atoms with Gasteiger partial charge in [-0.2, -0.15) is 0 Å². The number of thioether (sulfide) groups is 1. The van der Waals surface area contributed by atoms with Crippen molar-refractivity contribution < 1.29 is 19.1 Å². The Morgan fingerprint density at radius 2 is 1.93 bits per heavy atom. The maximum absolute atomic E-state index is 12.5. The normalized spacial score (nSPS) is 15.3. The van der Waals surface area contributed by atoms with Gasteiger partial charge in [-0.25, -0.2) is 0 Å². The van der Waals surface area contributed by atoms with Crippen LogP contribution < -0.4 is 10.1 Å². The zero-order valence-electron chi connectivity index (χ0n) is 16.1. The average Bonchev–Trinajstić information content (AvgIpc) is 3.00. The van der Waals surface area contributed by atoms with Crippen molar-refractivity contribution in [1.29, 1.82) is 0 Å². The third-order valence-corrected chi connectivity index (χ3v) is 5.34. The van der Waals surface area contributed by atoms with Crippen LogP contribution in [0.25, 0.3) is 12.2 Å². The van der Waals surface area contributed by atoms with E-state index >= 15 is 0 Å². The van der Waals surface area contributed by atoms with Crippen LogP contribution in [0.15, 0.2) is 59.5 Å². The monoisotopic (exact) mass is 442 g/mol. The first kappa shape index (κ1) is 21.7. The first-order valence-electron chi connectivity index (χ1n) is 9.07. The van der Waals surface area contributed by atoms with Gasteiger partial charge < -0.3 is 10.1 Å². The van der Waals surface area contributed by atoms with Crippen molar-refractivity contribution in [2.75, 3.05) is 20.2 Å². The van der Waals surface area contributed by atoms with Crippen molar-refractivity contribution >= 4 is 52.6 Å². The number of carbonyl (C=O) groups excluding carboxylic acids is 3. The lowest BCUT2D eigenvalue weighted by atomic mass is 10.2. The van der Waals surface area contributed by atoms with E-state index in [9.17, 15) is 14.4 Å². The highest BCUT2D eigenvalue weighted by atomic mass is 35.5. The number of hydrogen-bond acceptors (Lipinski definition) is 5. The molecule has 1 aliphatic rings.